The van der Waals surface area contributed by atoms with Crippen molar-refractivity contribution in [3.63, 3.8) is 0 Å². The quantitative estimate of drug-likeness (QED) is 0.675. The summed E-state index contributed by atoms with van der Waals surface area (Å²) in [4.78, 5) is 14.4. The topological polar surface area (TPSA) is 20.3 Å². The van der Waals surface area contributed by atoms with Crippen molar-refractivity contribution in [2.24, 2.45) is 5.92 Å². The first-order chi connectivity index (χ1) is 8.36. The fourth-order valence-corrected chi connectivity index (χ4v) is 2.81. The van der Waals surface area contributed by atoms with Crippen LogP contribution in [0.1, 0.15) is 24.8 Å². The van der Waals surface area contributed by atoms with Gasteiger partial charge in [-0.15, -0.1) is 0 Å². The number of amides is 1. The second kappa shape index (κ2) is 4.36. The average molecular weight is 227 g/mol. The molecule has 0 fully saturated rings. The third-order valence-electron chi connectivity index (χ3n) is 3.77. The van der Waals surface area contributed by atoms with E-state index in [-0.39, 0.29) is 5.92 Å². The Kier molecular flexibility index (Phi) is 2.71. The highest BCUT2D eigenvalue weighted by atomic mass is 16.2. The predicted octanol–water partition coefficient (Wildman–Crippen LogP) is 2.93. The van der Waals surface area contributed by atoms with E-state index < -0.39 is 0 Å². The molecule has 0 N–H and O–H groups in total. The fourth-order valence-electron chi connectivity index (χ4n) is 2.81. The Bertz CT molecular complexity index is 464. The first-order valence-corrected chi connectivity index (χ1v) is 6.40. The van der Waals surface area contributed by atoms with Crippen molar-refractivity contribution in [1.29, 1.82) is 0 Å². The maximum Gasteiger partial charge on any atom is 0.230 e. The molecule has 0 bridgehead atoms. The molecule has 0 radical (unpaired) electrons. The lowest BCUT2D eigenvalue weighted by molar-refractivity contribution is -0.122. The standard InChI is InChI=1S/C15H17NO/c17-15(13-7-2-1-3-8-13)16-11-10-12-6-4-5-9-14(12)16/h1-2,4-6,9,13H,3,7-8,10-11H2. The third kappa shape index (κ3) is 1.88. The molecule has 1 aromatic rings. The van der Waals surface area contributed by atoms with Crippen molar-refractivity contribution in [1.82, 2.24) is 0 Å². The van der Waals surface area contributed by atoms with Crippen LogP contribution in [0.15, 0.2) is 36.4 Å². The van der Waals surface area contributed by atoms with Crippen molar-refractivity contribution in [2.75, 3.05) is 11.4 Å². The van der Waals surface area contributed by atoms with Crippen LogP contribution in [0.4, 0.5) is 5.69 Å². The van der Waals surface area contributed by atoms with Crippen LogP contribution >= 0.6 is 0 Å². The van der Waals surface area contributed by atoms with Gasteiger partial charge in [-0.3, -0.25) is 4.79 Å². The number of allylic oxidation sites excluding steroid dienone is 2. The Labute approximate surface area is 102 Å². The minimum absolute atomic E-state index is 0.200. The van der Waals surface area contributed by atoms with Gasteiger partial charge in [-0.25, -0.2) is 0 Å². The van der Waals surface area contributed by atoms with E-state index in [4.69, 9.17) is 0 Å². The Morgan fingerprint density at radius 1 is 1.24 bits per heavy atom. The monoisotopic (exact) mass is 227 g/mol. The number of hydrogen-bond donors (Lipinski definition) is 0. The maximum atomic E-state index is 12.5. The molecular formula is C15H17NO. The van der Waals surface area contributed by atoms with E-state index in [1.54, 1.807) is 0 Å². The van der Waals surface area contributed by atoms with Gasteiger partial charge in [0.25, 0.3) is 0 Å². The number of nitrogens with zero attached hydrogens (tertiary/aromatic N) is 1. The molecule has 2 aliphatic rings. The maximum absolute atomic E-state index is 12.5. The van der Waals surface area contributed by atoms with Gasteiger partial charge in [0.15, 0.2) is 0 Å². The van der Waals surface area contributed by atoms with Crippen LogP contribution in [0.5, 0.6) is 0 Å². The molecule has 1 aliphatic heterocycles. The number of rotatable bonds is 1. The molecule has 2 heteroatoms. The zero-order valence-electron chi connectivity index (χ0n) is 9.93. The van der Waals surface area contributed by atoms with E-state index >= 15 is 0 Å². The summed E-state index contributed by atoms with van der Waals surface area (Å²) >= 11 is 0. The lowest BCUT2D eigenvalue weighted by atomic mass is 9.93. The summed E-state index contributed by atoms with van der Waals surface area (Å²) in [5.74, 6) is 0.519. The number of benzene rings is 1. The van der Waals surface area contributed by atoms with Gasteiger partial charge in [0.05, 0.1) is 0 Å². The molecule has 1 unspecified atom stereocenters. The molecular weight excluding hydrogens is 210 g/mol. The SMILES string of the molecule is O=C(C1CC=CCC1)N1CCc2ccccc21. The lowest BCUT2D eigenvalue weighted by Gasteiger charge is -2.24. The van der Waals surface area contributed by atoms with Crippen molar-refractivity contribution >= 4 is 11.6 Å². The van der Waals surface area contributed by atoms with Crippen molar-refractivity contribution in [3.05, 3.63) is 42.0 Å². The first kappa shape index (κ1) is 10.6. The van der Waals surface area contributed by atoms with Crippen LogP contribution in [0.2, 0.25) is 0 Å². The van der Waals surface area contributed by atoms with E-state index in [1.165, 1.54) is 5.56 Å². The summed E-state index contributed by atoms with van der Waals surface area (Å²) in [6.07, 6.45) is 8.30. The molecule has 1 heterocycles. The van der Waals surface area contributed by atoms with Crippen molar-refractivity contribution < 1.29 is 4.79 Å². The van der Waals surface area contributed by atoms with E-state index in [9.17, 15) is 4.79 Å². The first-order valence-electron chi connectivity index (χ1n) is 6.40. The van der Waals surface area contributed by atoms with Crippen LogP contribution in [-0.4, -0.2) is 12.5 Å². The number of hydrogen-bond acceptors (Lipinski definition) is 1. The summed E-state index contributed by atoms with van der Waals surface area (Å²) in [6.45, 7) is 0.860. The van der Waals surface area contributed by atoms with Gasteiger partial charge in [0, 0.05) is 18.2 Å². The molecule has 88 valence electrons. The highest BCUT2D eigenvalue weighted by molar-refractivity contribution is 5.97. The normalized spacial score (nSPS) is 22.6. The van der Waals surface area contributed by atoms with Gasteiger partial charge in [-0.1, -0.05) is 30.4 Å². The van der Waals surface area contributed by atoms with Gasteiger partial charge in [-0.05, 0) is 37.3 Å². The fraction of sp³-hybridized carbons (Fsp3) is 0.400. The molecule has 2 nitrogen and oxygen atoms in total. The van der Waals surface area contributed by atoms with E-state index in [1.807, 2.05) is 11.0 Å². The number of anilines is 1. The zero-order chi connectivity index (χ0) is 11.7. The van der Waals surface area contributed by atoms with E-state index in [0.717, 1.165) is 37.9 Å². The molecule has 17 heavy (non-hydrogen) atoms. The van der Waals surface area contributed by atoms with Crippen LogP contribution in [0, 0.1) is 5.92 Å². The second-order valence-corrected chi connectivity index (χ2v) is 4.85. The molecule has 1 amide bonds. The molecule has 0 spiro atoms. The predicted molar refractivity (Wildman–Crippen MR) is 69.0 cm³/mol. The summed E-state index contributed by atoms with van der Waals surface area (Å²) in [5, 5.41) is 0. The molecule has 3 rings (SSSR count). The molecule has 1 aliphatic carbocycles. The molecule has 1 atom stereocenters. The van der Waals surface area contributed by atoms with Gasteiger partial charge in [-0.2, -0.15) is 0 Å². The summed E-state index contributed by atoms with van der Waals surface area (Å²) in [7, 11) is 0. The van der Waals surface area contributed by atoms with Crippen LogP contribution in [0.25, 0.3) is 0 Å². The van der Waals surface area contributed by atoms with Crippen molar-refractivity contribution in [3.8, 4) is 0 Å². The van der Waals surface area contributed by atoms with Gasteiger partial charge < -0.3 is 4.90 Å². The molecule has 0 aromatic heterocycles. The summed E-state index contributed by atoms with van der Waals surface area (Å²) in [6, 6.07) is 8.27. The Hall–Kier alpha value is -1.57. The summed E-state index contributed by atoms with van der Waals surface area (Å²) in [5.41, 5.74) is 2.44. The Morgan fingerprint density at radius 2 is 2.12 bits per heavy atom. The zero-order valence-corrected chi connectivity index (χ0v) is 9.93. The van der Waals surface area contributed by atoms with E-state index in [2.05, 4.69) is 30.4 Å². The number of carbonyl (C=O) groups is 1. The number of carbonyl (C=O) groups excluding carboxylic acids is 1. The Morgan fingerprint density at radius 3 is 2.94 bits per heavy atom. The molecule has 0 saturated heterocycles. The smallest absolute Gasteiger partial charge is 0.230 e. The minimum Gasteiger partial charge on any atom is -0.312 e. The van der Waals surface area contributed by atoms with Crippen LogP contribution in [0.3, 0.4) is 0 Å². The molecule has 1 aromatic carbocycles. The highest BCUT2D eigenvalue weighted by Crippen LogP contribution is 2.31. The van der Waals surface area contributed by atoms with Crippen LogP contribution < -0.4 is 4.90 Å². The minimum atomic E-state index is 0.200. The van der Waals surface area contributed by atoms with Crippen LogP contribution in [-0.2, 0) is 11.2 Å². The molecule has 0 saturated carbocycles. The summed E-state index contributed by atoms with van der Waals surface area (Å²) < 4.78 is 0. The Balaban J connectivity index is 1.82. The van der Waals surface area contributed by atoms with Gasteiger partial charge in [0.2, 0.25) is 5.91 Å². The number of para-hydroxylation sites is 1. The number of fused-ring (bicyclic) bond motifs is 1. The van der Waals surface area contributed by atoms with E-state index in [0.29, 0.717) is 5.91 Å². The largest absolute Gasteiger partial charge is 0.312 e. The van der Waals surface area contributed by atoms with Gasteiger partial charge >= 0.3 is 0 Å². The van der Waals surface area contributed by atoms with Gasteiger partial charge in [0.1, 0.15) is 0 Å². The van der Waals surface area contributed by atoms with Crippen molar-refractivity contribution in [2.45, 2.75) is 25.7 Å². The highest BCUT2D eigenvalue weighted by Gasteiger charge is 2.29. The lowest BCUT2D eigenvalue weighted by Crippen LogP contribution is -2.35. The third-order valence-corrected chi connectivity index (χ3v) is 3.77. The second-order valence-electron chi connectivity index (χ2n) is 4.85. The average Bonchev–Trinajstić information content (AvgIpc) is 2.83.